The van der Waals surface area contributed by atoms with Gasteiger partial charge >= 0.3 is 5.97 Å². The Morgan fingerprint density at radius 2 is 2.17 bits per heavy atom. The SMILES string of the molecule is CCC(F)(F)COc1ncnc(Cl)c1C(=O)OC. The summed E-state index contributed by atoms with van der Waals surface area (Å²) in [5, 5.41) is -0.216. The van der Waals surface area contributed by atoms with Crippen LogP contribution in [0.2, 0.25) is 5.15 Å². The average Bonchev–Trinajstić information content (AvgIpc) is 2.35. The quantitative estimate of drug-likeness (QED) is 0.612. The van der Waals surface area contributed by atoms with E-state index in [0.717, 1.165) is 13.4 Å². The lowest BCUT2D eigenvalue weighted by Crippen LogP contribution is -2.25. The molecule has 1 rings (SSSR count). The van der Waals surface area contributed by atoms with Crippen LogP contribution in [0.5, 0.6) is 5.88 Å². The number of rotatable bonds is 5. The number of aromatic nitrogens is 2. The molecule has 1 heterocycles. The molecule has 8 heteroatoms. The number of methoxy groups -OCH3 is 1. The maximum atomic E-state index is 13.0. The normalized spacial score (nSPS) is 11.2. The molecule has 0 aliphatic heterocycles. The van der Waals surface area contributed by atoms with Crippen LogP contribution in [0.3, 0.4) is 0 Å². The van der Waals surface area contributed by atoms with E-state index >= 15 is 0 Å². The molecule has 0 aliphatic carbocycles. The fourth-order valence-corrected chi connectivity index (χ4v) is 1.21. The molecule has 100 valence electrons. The average molecular weight is 281 g/mol. The Morgan fingerprint density at radius 3 is 2.72 bits per heavy atom. The fraction of sp³-hybridized carbons (Fsp3) is 0.500. The zero-order valence-corrected chi connectivity index (χ0v) is 10.5. The van der Waals surface area contributed by atoms with Gasteiger partial charge in [0.25, 0.3) is 5.92 Å². The van der Waals surface area contributed by atoms with Crippen LogP contribution in [-0.4, -0.2) is 35.6 Å². The topological polar surface area (TPSA) is 61.3 Å². The van der Waals surface area contributed by atoms with Crippen LogP contribution in [0, 0.1) is 0 Å². The summed E-state index contributed by atoms with van der Waals surface area (Å²) in [6.07, 6.45) is 0.619. The van der Waals surface area contributed by atoms with Crippen molar-refractivity contribution in [2.75, 3.05) is 13.7 Å². The maximum Gasteiger partial charge on any atom is 0.346 e. The Hall–Kier alpha value is -1.50. The Kier molecular flexibility index (Phi) is 4.77. The molecule has 1 aromatic heterocycles. The first-order chi connectivity index (χ1) is 8.41. The molecule has 0 aliphatic rings. The summed E-state index contributed by atoms with van der Waals surface area (Å²) < 4.78 is 35.3. The molecule has 0 fully saturated rings. The van der Waals surface area contributed by atoms with Crippen molar-refractivity contribution in [3.63, 3.8) is 0 Å². The second-order valence-corrected chi connectivity index (χ2v) is 3.69. The van der Waals surface area contributed by atoms with Gasteiger partial charge in [0.2, 0.25) is 5.88 Å². The first kappa shape index (κ1) is 14.6. The van der Waals surface area contributed by atoms with Gasteiger partial charge in [-0.05, 0) is 0 Å². The van der Waals surface area contributed by atoms with E-state index in [1.165, 1.54) is 6.92 Å². The van der Waals surface area contributed by atoms with Crippen LogP contribution >= 0.6 is 11.6 Å². The van der Waals surface area contributed by atoms with Crippen LogP contribution in [0.15, 0.2) is 6.33 Å². The predicted octanol–water partition coefficient (Wildman–Crippen LogP) is 2.34. The number of carbonyl (C=O) groups excluding carboxylic acids is 1. The summed E-state index contributed by atoms with van der Waals surface area (Å²) in [7, 11) is 1.12. The summed E-state index contributed by atoms with van der Waals surface area (Å²) in [5.74, 6) is -4.18. The number of nitrogens with zero attached hydrogens (tertiary/aromatic N) is 2. The van der Waals surface area contributed by atoms with Gasteiger partial charge in [0.15, 0.2) is 17.3 Å². The monoisotopic (exact) mass is 280 g/mol. The minimum atomic E-state index is -3.01. The van der Waals surface area contributed by atoms with Crippen LogP contribution in [-0.2, 0) is 4.74 Å². The molecule has 18 heavy (non-hydrogen) atoms. The Bertz CT molecular complexity index is 443. The molecule has 0 unspecified atom stereocenters. The van der Waals surface area contributed by atoms with Crippen molar-refractivity contribution in [2.45, 2.75) is 19.3 Å². The summed E-state index contributed by atoms with van der Waals surface area (Å²) in [6, 6.07) is 0. The lowest BCUT2D eigenvalue weighted by atomic mass is 10.3. The third-order valence-electron chi connectivity index (χ3n) is 2.09. The minimum Gasteiger partial charge on any atom is -0.471 e. The van der Waals surface area contributed by atoms with Gasteiger partial charge in [-0.3, -0.25) is 0 Å². The molecule has 0 amide bonds. The van der Waals surface area contributed by atoms with E-state index in [0.29, 0.717) is 0 Å². The molecule has 0 saturated heterocycles. The molecular weight excluding hydrogens is 270 g/mol. The molecule has 0 aromatic carbocycles. The third-order valence-corrected chi connectivity index (χ3v) is 2.38. The molecule has 0 saturated carbocycles. The van der Waals surface area contributed by atoms with Gasteiger partial charge < -0.3 is 9.47 Å². The molecule has 0 radical (unpaired) electrons. The molecular formula is C10H11ClF2N2O3. The lowest BCUT2D eigenvalue weighted by Gasteiger charge is -2.15. The van der Waals surface area contributed by atoms with E-state index < -0.39 is 18.5 Å². The summed E-state index contributed by atoms with van der Waals surface area (Å²) in [4.78, 5) is 18.5. The van der Waals surface area contributed by atoms with Gasteiger partial charge in [0, 0.05) is 6.42 Å². The highest BCUT2D eigenvalue weighted by Crippen LogP contribution is 2.25. The van der Waals surface area contributed by atoms with Crippen LogP contribution in [0.1, 0.15) is 23.7 Å². The standard InChI is InChI=1S/C10H11ClF2N2O3/c1-3-10(12,13)4-18-8-6(9(16)17-2)7(11)14-5-15-8/h5H,3-4H2,1-2H3. The lowest BCUT2D eigenvalue weighted by molar-refractivity contribution is -0.0451. The summed E-state index contributed by atoms with van der Waals surface area (Å²) >= 11 is 5.67. The van der Waals surface area contributed by atoms with Crippen molar-refractivity contribution < 1.29 is 23.0 Å². The van der Waals surface area contributed by atoms with Crippen LogP contribution in [0.25, 0.3) is 0 Å². The van der Waals surface area contributed by atoms with Gasteiger partial charge in [-0.2, -0.15) is 0 Å². The van der Waals surface area contributed by atoms with Crippen LogP contribution < -0.4 is 4.74 Å². The Balaban J connectivity index is 2.95. The van der Waals surface area contributed by atoms with Crippen molar-refractivity contribution in [1.82, 2.24) is 9.97 Å². The van der Waals surface area contributed by atoms with Crippen molar-refractivity contribution in [1.29, 1.82) is 0 Å². The zero-order valence-electron chi connectivity index (χ0n) is 9.74. The maximum absolute atomic E-state index is 13.0. The minimum absolute atomic E-state index is 0.216. The number of ether oxygens (including phenoxy) is 2. The first-order valence-corrected chi connectivity index (χ1v) is 5.38. The Labute approximate surface area is 107 Å². The van der Waals surface area contributed by atoms with Crippen LogP contribution in [0.4, 0.5) is 8.78 Å². The number of hydrogen-bond acceptors (Lipinski definition) is 5. The highest BCUT2D eigenvalue weighted by atomic mass is 35.5. The highest BCUT2D eigenvalue weighted by Gasteiger charge is 2.29. The summed E-state index contributed by atoms with van der Waals surface area (Å²) in [6.45, 7) is 0.415. The molecule has 0 spiro atoms. The molecule has 0 bridgehead atoms. The van der Waals surface area contributed by atoms with Gasteiger partial charge in [0.05, 0.1) is 7.11 Å². The second kappa shape index (κ2) is 5.90. The van der Waals surface area contributed by atoms with E-state index in [4.69, 9.17) is 16.3 Å². The number of esters is 1. The molecule has 1 aromatic rings. The number of alkyl halides is 2. The second-order valence-electron chi connectivity index (χ2n) is 3.33. The van der Waals surface area contributed by atoms with E-state index in [9.17, 15) is 13.6 Å². The molecule has 0 N–H and O–H groups in total. The molecule has 5 nitrogen and oxygen atoms in total. The van der Waals surface area contributed by atoms with Crippen molar-refractivity contribution in [3.05, 3.63) is 17.0 Å². The predicted molar refractivity (Wildman–Crippen MR) is 59.1 cm³/mol. The number of carbonyl (C=O) groups is 1. The number of halogens is 3. The van der Waals surface area contributed by atoms with E-state index in [1.54, 1.807) is 0 Å². The van der Waals surface area contributed by atoms with Gasteiger partial charge in [0.1, 0.15) is 6.33 Å². The zero-order chi connectivity index (χ0) is 13.8. The van der Waals surface area contributed by atoms with Gasteiger partial charge in [-0.1, -0.05) is 18.5 Å². The van der Waals surface area contributed by atoms with E-state index in [1.807, 2.05) is 0 Å². The number of hydrogen-bond donors (Lipinski definition) is 0. The smallest absolute Gasteiger partial charge is 0.346 e. The first-order valence-electron chi connectivity index (χ1n) is 5.00. The third kappa shape index (κ3) is 3.49. The summed E-state index contributed by atoms with van der Waals surface area (Å²) in [5.41, 5.74) is -0.270. The van der Waals surface area contributed by atoms with Gasteiger partial charge in [-0.15, -0.1) is 0 Å². The van der Waals surface area contributed by atoms with E-state index in [2.05, 4.69) is 14.7 Å². The van der Waals surface area contributed by atoms with Crippen molar-refractivity contribution in [2.24, 2.45) is 0 Å². The largest absolute Gasteiger partial charge is 0.471 e. The Morgan fingerprint density at radius 1 is 1.50 bits per heavy atom. The fourth-order valence-electron chi connectivity index (χ4n) is 1.01. The van der Waals surface area contributed by atoms with Gasteiger partial charge in [-0.25, -0.2) is 23.5 Å². The highest BCUT2D eigenvalue weighted by molar-refractivity contribution is 6.32. The van der Waals surface area contributed by atoms with Crippen molar-refractivity contribution >= 4 is 17.6 Å². The van der Waals surface area contributed by atoms with Crippen molar-refractivity contribution in [3.8, 4) is 5.88 Å². The van der Waals surface area contributed by atoms with E-state index in [-0.39, 0.29) is 23.0 Å². The molecule has 0 atom stereocenters.